The monoisotopic (exact) mass is 502 g/mol. The van der Waals surface area contributed by atoms with Gasteiger partial charge in [0.25, 0.3) is 5.91 Å². The van der Waals surface area contributed by atoms with E-state index in [-0.39, 0.29) is 17.2 Å². The van der Waals surface area contributed by atoms with Gasteiger partial charge in [-0.2, -0.15) is 0 Å². The lowest BCUT2D eigenvalue weighted by atomic mass is 10.1. The number of rotatable bonds is 7. The second-order valence-electron chi connectivity index (χ2n) is 6.79. The zero-order chi connectivity index (χ0) is 24.0. The van der Waals surface area contributed by atoms with Crippen LogP contribution in [0.3, 0.4) is 0 Å². The maximum atomic E-state index is 12.8. The fraction of sp³-hybridized carbons (Fsp3) is 0.125. The van der Waals surface area contributed by atoms with Gasteiger partial charge in [-0.25, -0.2) is 4.79 Å². The molecule has 9 heteroatoms. The standard InChI is InChI=1S/C24H20Cl2N2O4S/c1-3-32-24(31)20-14(2)21(22(30)27-17-7-5-4-6-8-17)33-23(20)28-19(29)12-10-15-9-11-16(25)13-18(15)26/h4-13H,3H2,1-2H3,(H,27,30)(H,28,29). The van der Waals surface area contributed by atoms with Crippen LogP contribution in [0.1, 0.15) is 38.1 Å². The van der Waals surface area contributed by atoms with Gasteiger partial charge < -0.3 is 15.4 Å². The van der Waals surface area contributed by atoms with Gasteiger partial charge in [-0.3, -0.25) is 9.59 Å². The number of carbonyl (C=O) groups is 3. The highest BCUT2D eigenvalue weighted by Crippen LogP contribution is 2.34. The van der Waals surface area contributed by atoms with Crippen LogP contribution in [-0.4, -0.2) is 24.4 Å². The summed E-state index contributed by atoms with van der Waals surface area (Å²) in [7, 11) is 0. The van der Waals surface area contributed by atoms with Crippen LogP contribution in [0.15, 0.2) is 54.6 Å². The minimum atomic E-state index is -0.620. The first-order chi connectivity index (χ1) is 15.8. The van der Waals surface area contributed by atoms with Gasteiger partial charge in [-0.15, -0.1) is 11.3 Å². The first-order valence-electron chi connectivity index (χ1n) is 9.91. The average Bonchev–Trinajstić information content (AvgIpc) is 3.09. The number of halogens is 2. The van der Waals surface area contributed by atoms with E-state index >= 15 is 0 Å². The number of ether oxygens (including phenoxy) is 1. The van der Waals surface area contributed by atoms with Gasteiger partial charge in [0.1, 0.15) is 5.00 Å². The third kappa shape index (κ3) is 6.22. The molecule has 1 heterocycles. The number of amides is 2. The van der Waals surface area contributed by atoms with E-state index in [1.54, 1.807) is 56.3 Å². The van der Waals surface area contributed by atoms with Gasteiger partial charge in [0.15, 0.2) is 0 Å². The van der Waals surface area contributed by atoms with Crippen molar-refractivity contribution < 1.29 is 19.1 Å². The van der Waals surface area contributed by atoms with Crippen molar-refractivity contribution in [3.63, 3.8) is 0 Å². The average molecular weight is 503 g/mol. The van der Waals surface area contributed by atoms with Crippen LogP contribution >= 0.6 is 34.5 Å². The van der Waals surface area contributed by atoms with Gasteiger partial charge >= 0.3 is 5.97 Å². The summed E-state index contributed by atoms with van der Waals surface area (Å²) in [5.41, 5.74) is 1.78. The molecule has 3 aromatic rings. The number of thiophene rings is 1. The number of hydrogen-bond acceptors (Lipinski definition) is 5. The number of nitrogens with one attached hydrogen (secondary N) is 2. The Morgan fingerprint density at radius 3 is 2.45 bits per heavy atom. The van der Waals surface area contributed by atoms with Crippen LogP contribution in [0, 0.1) is 6.92 Å². The molecule has 0 saturated carbocycles. The summed E-state index contributed by atoms with van der Waals surface area (Å²) in [5.74, 6) is -1.51. The maximum absolute atomic E-state index is 12.8. The molecule has 0 aliphatic rings. The van der Waals surface area contributed by atoms with E-state index in [0.717, 1.165) is 11.3 Å². The SMILES string of the molecule is CCOC(=O)c1c(NC(=O)C=Cc2ccc(Cl)cc2Cl)sc(C(=O)Nc2ccccc2)c1C. The Kier molecular flexibility index (Phi) is 8.27. The van der Waals surface area contributed by atoms with Crippen molar-refractivity contribution in [2.75, 3.05) is 17.2 Å². The third-order valence-electron chi connectivity index (χ3n) is 4.48. The normalized spacial score (nSPS) is 10.8. The molecule has 2 amide bonds. The number of hydrogen-bond donors (Lipinski definition) is 2. The second kappa shape index (κ2) is 11.1. The molecule has 0 aliphatic heterocycles. The lowest BCUT2D eigenvalue weighted by Crippen LogP contribution is -2.13. The van der Waals surface area contributed by atoms with Crippen LogP contribution in [0.5, 0.6) is 0 Å². The molecule has 2 N–H and O–H groups in total. The van der Waals surface area contributed by atoms with Crippen molar-refractivity contribution in [3.8, 4) is 0 Å². The predicted molar refractivity (Wildman–Crippen MR) is 134 cm³/mol. The highest BCUT2D eigenvalue weighted by Gasteiger charge is 2.26. The molecule has 0 unspecified atom stereocenters. The van der Waals surface area contributed by atoms with Crippen molar-refractivity contribution >= 4 is 69.1 Å². The Morgan fingerprint density at radius 1 is 1.06 bits per heavy atom. The molecule has 6 nitrogen and oxygen atoms in total. The molecule has 0 radical (unpaired) electrons. The predicted octanol–water partition coefficient (Wildman–Crippen LogP) is 6.44. The molecular formula is C24H20Cl2N2O4S. The molecule has 2 aromatic carbocycles. The van der Waals surface area contributed by atoms with E-state index in [1.807, 2.05) is 6.07 Å². The molecule has 0 atom stereocenters. The molecule has 0 fully saturated rings. The topological polar surface area (TPSA) is 84.5 Å². The van der Waals surface area contributed by atoms with Gasteiger partial charge in [0.05, 0.1) is 17.0 Å². The first-order valence-corrected chi connectivity index (χ1v) is 11.5. The highest BCUT2D eigenvalue weighted by atomic mass is 35.5. The second-order valence-corrected chi connectivity index (χ2v) is 8.65. The number of carbonyl (C=O) groups excluding carboxylic acids is 3. The van der Waals surface area contributed by atoms with E-state index in [9.17, 15) is 14.4 Å². The Balaban J connectivity index is 1.87. The maximum Gasteiger partial charge on any atom is 0.341 e. The quantitative estimate of drug-likeness (QED) is 0.287. The van der Waals surface area contributed by atoms with Crippen molar-refractivity contribution in [1.82, 2.24) is 0 Å². The molecule has 3 rings (SSSR count). The molecule has 1 aromatic heterocycles. The van der Waals surface area contributed by atoms with Crippen LogP contribution in [-0.2, 0) is 9.53 Å². The number of para-hydroxylation sites is 1. The molecule has 0 aliphatic carbocycles. The largest absolute Gasteiger partial charge is 0.462 e. The lowest BCUT2D eigenvalue weighted by molar-refractivity contribution is -0.111. The fourth-order valence-electron chi connectivity index (χ4n) is 2.93. The number of anilines is 2. The lowest BCUT2D eigenvalue weighted by Gasteiger charge is -2.06. The van der Waals surface area contributed by atoms with Crippen molar-refractivity contribution in [3.05, 3.63) is 86.2 Å². The summed E-state index contributed by atoms with van der Waals surface area (Å²) in [6.07, 6.45) is 2.81. The van der Waals surface area contributed by atoms with Gasteiger partial charge in [-0.05, 0) is 55.3 Å². The summed E-state index contributed by atoms with van der Waals surface area (Å²) in [6, 6.07) is 13.8. The molecule has 0 bridgehead atoms. The smallest absolute Gasteiger partial charge is 0.341 e. The summed E-state index contributed by atoms with van der Waals surface area (Å²) in [4.78, 5) is 38.3. The van der Waals surface area contributed by atoms with Crippen molar-refractivity contribution in [1.29, 1.82) is 0 Å². The Hall–Kier alpha value is -3.13. The van der Waals surface area contributed by atoms with Crippen LogP contribution in [0.25, 0.3) is 6.08 Å². The van der Waals surface area contributed by atoms with Crippen molar-refractivity contribution in [2.45, 2.75) is 13.8 Å². The molecular weight excluding hydrogens is 483 g/mol. The van der Waals surface area contributed by atoms with E-state index in [0.29, 0.717) is 31.7 Å². The Labute approximate surface area is 205 Å². The summed E-state index contributed by atoms with van der Waals surface area (Å²) in [5, 5.41) is 6.56. The zero-order valence-corrected chi connectivity index (χ0v) is 20.1. The molecule has 0 saturated heterocycles. The Morgan fingerprint density at radius 2 is 1.79 bits per heavy atom. The van der Waals surface area contributed by atoms with Gasteiger partial charge in [0, 0.05) is 21.8 Å². The van der Waals surface area contributed by atoms with Crippen LogP contribution < -0.4 is 10.6 Å². The minimum Gasteiger partial charge on any atom is -0.462 e. The van der Waals surface area contributed by atoms with E-state index in [1.165, 1.54) is 12.2 Å². The first kappa shape index (κ1) is 24.5. The van der Waals surface area contributed by atoms with E-state index < -0.39 is 17.8 Å². The van der Waals surface area contributed by atoms with E-state index in [2.05, 4.69) is 10.6 Å². The molecule has 170 valence electrons. The summed E-state index contributed by atoms with van der Waals surface area (Å²) >= 11 is 13.0. The third-order valence-corrected chi connectivity index (χ3v) is 6.25. The van der Waals surface area contributed by atoms with Crippen LogP contribution in [0.2, 0.25) is 10.0 Å². The summed E-state index contributed by atoms with van der Waals surface area (Å²) < 4.78 is 5.14. The zero-order valence-electron chi connectivity index (χ0n) is 17.8. The Bertz CT molecular complexity index is 1220. The van der Waals surface area contributed by atoms with Gasteiger partial charge in [-0.1, -0.05) is 47.5 Å². The van der Waals surface area contributed by atoms with Gasteiger partial charge in [0.2, 0.25) is 5.91 Å². The number of esters is 1. The van der Waals surface area contributed by atoms with E-state index in [4.69, 9.17) is 27.9 Å². The highest BCUT2D eigenvalue weighted by molar-refractivity contribution is 7.19. The number of benzene rings is 2. The fourth-order valence-corrected chi connectivity index (χ4v) is 4.50. The molecule has 33 heavy (non-hydrogen) atoms. The van der Waals surface area contributed by atoms with Crippen LogP contribution in [0.4, 0.5) is 10.7 Å². The van der Waals surface area contributed by atoms with Crippen molar-refractivity contribution in [2.24, 2.45) is 0 Å². The molecule has 0 spiro atoms. The summed E-state index contributed by atoms with van der Waals surface area (Å²) in [6.45, 7) is 3.48. The minimum absolute atomic E-state index is 0.145.